The topological polar surface area (TPSA) is 12.5 Å². The molecule has 2 fully saturated rings. The van der Waals surface area contributed by atoms with E-state index in [2.05, 4.69) is 56.6 Å². The molecule has 0 radical (unpaired) electrons. The number of anilines is 1. The third kappa shape index (κ3) is 9.47. The van der Waals surface area contributed by atoms with Crippen molar-refractivity contribution < 1.29 is 36.8 Å². The zero-order valence-electron chi connectivity index (χ0n) is 20.3. The Kier molecular flexibility index (Phi) is 15.2. The molecule has 0 atom stereocenters. The summed E-state index contributed by atoms with van der Waals surface area (Å²) in [7, 11) is 8.59. The second-order valence-electron chi connectivity index (χ2n) is 9.15. The van der Waals surface area contributed by atoms with Crippen molar-refractivity contribution in [1.29, 1.82) is 0 Å². The molecule has 0 bridgehead atoms. The van der Waals surface area contributed by atoms with Crippen molar-refractivity contribution >= 4 is 40.5 Å². The summed E-state index contributed by atoms with van der Waals surface area (Å²) in [6, 6.07) is 13.5. The van der Waals surface area contributed by atoms with E-state index in [0.29, 0.717) is 0 Å². The van der Waals surface area contributed by atoms with E-state index in [-0.39, 0.29) is 0 Å². The molecule has 0 heterocycles. The van der Waals surface area contributed by atoms with Crippen LogP contribution in [0, 0.1) is 17.7 Å². The van der Waals surface area contributed by atoms with Crippen LogP contribution in [0.5, 0.6) is 5.75 Å². The molecule has 200 valence electrons. The standard InChI is InChI=1S/C20H32NP.C6H2F3OS.Au.ClH/c1-21(2)19-15-9-10-16-20(19)22(17-11-5-3-6-12-17)18-13-7-4-8-14-18;7-4-2-1-3-5(6(4)8)10-11-9;;/h9-10,15-18H,3-8,11-14H2,1-2H3;1,3H;;1H/q;-1;+1;. The van der Waals surface area contributed by atoms with E-state index < -0.39 is 37.7 Å². The van der Waals surface area contributed by atoms with E-state index in [1.807, 2.05) is 6.07 Å². The van der Waals surface area contributed by atoms with Gasteiger partial charge >= 0.3 is 29.2 Å². The third-order valence-electron chi connectivity index (χ3n) is 6.76. The Morgan fingerprint density at radius 3 is 2.00 bits per heavy atom. The first kappa shape index (κ1) is 30.9. The van der Waals surface area contributed by atoms with Gasteiger partial charge in [0.2, 0.25) is 0 Å². The van der Waals surface area contributed by atoms with Gasteiger partial charge in [-0.1, -0.05) is 25.0 Å². The first-order valence-electron chi connectivity index (χ1n) is 12.1. The van der Waals surface area contributed by atoms with Crippen LogP contribution in [0.3, 0.4) is 0 Å². The van der Waals surface area contributed by atoms with Crippen LogP contribution in [0.2, 0.25) is 0 Å². The quantitative estimate of drug-likeness (QED) is 0.128. The van der Waals surface area contributed by atoms with Crippen molar-refractivity contribution in [3.63, 3.8) is 0 Å². The summed E-state index contributed by atoms with van der Waals surface area (Å²) in [5.74, 6) is -2.90. The van der Waals surface area contributed by atoms with E-state index in [1.54, 1.807) is 25.3 Å². The maximum atomic E-state index is 12.5. The zero-order chi connectivity index (χ0) is 25.6. The fraction of sp³-hybridized carbons (Fsp3) is 0.538. The van der Waals surface area contributed by atoms with Crippen LogP contribution in [-0.4, -0.2) is 25.4 Å². The van der Waals surface area contributed by atoms with E-state index in [0.717, 1.165) is 23.5 Å². The molecule has 0 amide bonds. The number of para-hydroxylation sites is 1. The molecule has 0 unspecified atom stereocenters. The second kappa shape index (κ2) is 17.2. The minimum atomic E-state index is -1.24. The summed E-state index contributed by atoms with van der Waals surface area (Å²) in [5, 5.41) is 1.75. The van der Waals surface area contributed by atoms with Crippen LogP contribution in [0.25, 0.3) is 0 Å². The predicted molar refractivity (Wildman–Crippen MR) is 143 cm³/mol. The Morgan fingerprint density at radius 2 is 1.49 bits per heavy atom. The molecular weight excluding hydrogens is 695 g/mol. The van der Waals surface area contributed by atoms with Crippen molar-refractivity contribution in [2.75, 3.05) is 19.0 Å². The average Bonchev–Trinajstić information content (AvgIpc) is 2.90. The summed E-state index contributed by atoms with van der Waals surface area (Å²) in [5.41, 5.74) is 3.57. The van der Waals surface area contributed by atoms with E-state index >= 15 is 0 Å². The normalized spacial score (nSPS) is 16.6. The van der Waals surface area contributed by atoms with Crippen LogP contribution in [0.1, 0.15) is 64.2 Å². The Morgan fingerprint density at radius 1 is 0.943 bits per heavy atom. The monoisotopic (exact) mass is 729 g/mol. The molecule has 2 aromatic rings. The summed E-state index contributed by atoms with van der Waals surface area (Å²) >= 11 is 1.21. The SMILES string of the molecule is CN(C)c1ccccc1[PH+](C1CCCCC1)C1CCCCC1.FSOc1cc[c-]c(F)c1F.[Cl][Au]. The molecule has 4 rings (SSSR count). The molecule has 0 saturated heterocycles. The Bertz CT molecular complexity index is 852. The first-order valence-corrected chi connectivity index (χ1v) is 17.1. The Labute approximate surface area is 230 Å². The van der Waals surface area contributed by atoms with E-state index in [9.17, 15) is 12.7 Å². The summed E-state index contributed by atoms with van der Waals surface area (Å²) in [6.45, 7) is 0. The van der Waals surface area contributed by atoms with Crippen molar-refractivity contribution in [3.05, 3.63) is 54.1 Å². The number of rotatable bonds is 6. The summed E-state index contributed by atoms with van der Waals surface area (Å²) < 4.78 is 40.2. The fourth-order valence-electron chi connectivity index (χ4n) is 5.24. The number of nitrogens with zero attached hydrogens (tertiary/aromatic N) is 1. The fourth-order valence-corrected chi connectivity index (χ4v) is 9.94. The van der Waals surface area contributed by atoms with Gasteiger partial charge in [-0.2, -0.15) is 6.07 Å². The van der Waals surface area contributed by atoms with Gasteiger partial charge in [0.15, 0.2) is 0 Å². The Hall–Kier alpha value is -0.360. The molecule has 2 saturated carbocycles. The molecule has 0 N–H and O–H groups in total. The Balaban J connectivity index is 0.000000280. The number of hydrogen-bond acceptors (Lipinski definition) is 3. The number of hydrogen-bond donors (Lipinski definition) is 0. The van der Waals surface area contributed by atoms with E-state index in [4.69, 9.17) is 0 Å². The van der Waals surface area contributed by atoms with Crippen LogP contribution in [0.15, 0.2) is 36.4 Å². The molecule has 0 spiro atoms. The number of halogens is 4. The van der Waals surface area contributed by atoms with Crippen molar-refractivity contribution in [2.45, 2.75) is 75.5 Å². The predicted octanol–water partition coefficient (Wildman–Crippen LogP) is 8.62. The van der Waals surface area contributed by atoms with Crippen molar-refractivity contribution in [1.82, 2.24) is 0 Å². The molecule has 2 aromatic carbocycles. The van der Waals surface area contributed by atoms with Gasteiger partial charge in [-0.05, 0) is 63.5 Å². The molecule has 2 aliphatic carbocycles. The minimum absolute atomic E-state index is 0.439. The van der Waals surface area contributed by atoms with Crippen LogP contribution >= 0.6 is 29.5 Å². The average molecular weight is 730 g/mol. The van der Waals surface area contributed by atoms with Crippen molar-refractivity contribution in [2.24, 2.45) is 0 Å². The third-order valence-corrected chi connectivity index (χ3v) is 11.0. The van der Waals surface area contributed by atoms with Gasteiger partial charge in [-0.15, -0.1) is 16.0 Å². The molecule has 0 aliphatic heterocycles. The first-order chi connectivity index (χ1) is 17.0. The van der Waals surface area contributed by atoms with Gasteiger partial charge in [0.1, 0.15) is 5.30 Å². The summed E-state index contributed by atoms with van der Waals surface area (Å²) in [6.07, 6.45) is 14.9. The zero-order valence-corrected chi connectivity index (χ0v) is 25.0. The molecule has 35 heavy (non-hydrogen) atoms. The molecular formula is C26H35AuClF3NOPS. The van der Waals surface area contributed by atoms with E-state index in [1.165, 1.54) is 69.9 Å². The van der Waals surface area contributed by atoms with Crippen LogP contribution in [-0.2, 0) is 20.0 Å². The molecule has 0 aromatic heterocycles. The van der Waals surface area contributed by atoms with Crippen LogP contribution < -0.4 is 14.4 Å². The van der Waals surface area contributed by atoms with Gasteiger partial charge in [-0.3, -0.25) is 4.39 Å². The van der Waals surface area contributed by atoms with Gasteiger partial charge < -0.3 is 9.08 Å². The summed E-state index contributed by atoms with van der Waals surface area (Å²) in [4.78, 5) is 2.35. The molecule has 9 heteroatoms. The maximum absolute atomic E-state index is 12.5. The molecule has 2 nitrogen and oxygen atoms in total. The van der Waals surface area contributed by atoms with Crippen molar-refractivity contribution in [3.8, 4) is 5.75 Å². The van der Waals surface area contributed by atoms with Gasteiger partial charge in [0.25, 0.3) is 12.4 Å². The second-order valence-corrected chi connectivity index (χ2v) is 12.5. The molecule has 2 aliphatic rings. The van der Waals surface area contributed by atoms with Gasteiger partial charge in [-0.25, -0.2) is 4.39 Å². The van der Waals surface area contributed by atoms with Gasteiger partial charge in [0.05, 0.1) is 28.6 Å². The van der Waals surface area contributed by atoms with Gasteiger partial charge in [0, 0.05) is 27.8 Å². The van der Waals surface area contributed by atoms with Crippen LogP contribution in [0.4, 0.5) is 18.4 Å². The number of benzene rings is 2.